The number of rotatable bonds is 4. The Labute approximate surface area is 149 Å². The predicted molar refractivity (Wildman–Crippen MR) is 93.5 cm³/mol. The highest BCUT2D eigenvalue weighted by Gasteiger charge is 2.30. The van der Waals surface area contributed by atoms with Crippen molar-refractivity contribution in [2.24, 2.45) is 0 Å². The molecule has 0 fully saturated rings. The number of nitrogens with one attached hydrogen (secondary N) is 1. The van der Waals surface area contributed by atoms with Gasteiger partial charge in [-0.25, -0.2) is 4.98 Å². The molecule has 26 heavy (non-hydrogen) atoms. The van der Waals surface area contributed by atoms with Gasteiger partial charge in [0, 0.05) is 29.6 Å². The first-order valence-electron chi connectivity index (χ1n) is 8.23. The Bertz CT molecular complexity index is 929. The van der Waals surface area contributed by atoms with E-state index in [1.54, 1.807) is 41.9 Å². The molecular formula is C19H20F3N3O. The van der Waals surface area contributed by atoms with Crippen LogP contribution >= 0.6 is 0 Å². The average Bonchev–Trinajstić information content (AvgIpc) is 2.96. The summed E-state index contributed by atoms with van der Waals surface area (Å²) in [5, 5.41) is 13.7. The third-order valence-electron chi connectivity index (χ3n) is 4.07. The molecule has 138 valence electrons. The summed E-state index contributed by atoms with van der Waals surface area (Å²) in [6.45, 7) is 5.50. The topological polar surface area (TPSA) is 49.6 Å². The summed E-state index contributed by atoms with van der Waals surface area (Å²) in [4.78, 5) is 4.38. The van der Waals surface area contributed by atoms with Crippen molar-refractivity contribution in [3.63, 3.8) is 0 Å². The van der Waals surface area contributed by atoms with E-state index in [1.807, 2.05) is 13.8 Å². The second-order valence-corrected chi connectivity index (χ2v) is 6.76. The van der Waals surface area contributed by atoms with E-state index in [0.717, 1.165) is 12.1 Å². The van der Waals surface area contributed by atoms with Crippen LogP contribution in [0.5, 0.6) is 0 Å². The maximum absolute atomic E-state index is 12.9. The Kier molecular flexibility index (Phi) is 4.54. The summed E-state index contributed by atoms with van der Waals surface area (Å²) in [6.07, 6.45) is -1.03. The number of hydrogen-bond acceptors (Lipinski definition) is 3. The van der Waals surface area contributed by atoms with Crippen LogP contribution in [0.2, 0.25) is 0 Å². The van der Waals surface area contributed by atoms with Crippen LogP contribution in [0.25, 0.3) is 16.9 Å². The van der Waals surface area contributed by atoms with Crippen LogP contribution in [0.1, 0.15) is 31.9 Å². The number of imidazole rings is 1. The summed E-state index contributed by atoms with van der Waals surface area (Å²) in [5.41, 5.74) is 0.0927. The van der Waals surface area contributed by atoms with Crippen LogP contribution in [0.4, 0.5) is 13.2 Å². The van der Waals surface area contributed by atoms with Gasteiger partial charge in [0.2, 0.25) is 0 Å². The number of aliphatic hydroxyl groups is 1. The van der Waals surface area contributed by atoms with Gasteiger partial charge in [0.25, 0.3) is 0 Å². The lowest BCUT2D eigenvalue weighted by Gasteiger charge is -2.27. The summed E-state index contributed by atoms with van der Waals surface area (Å²) in [6, 6.07) is 8.62. The minimum atomic E-state index is -4.40. The Morgan fingerprint density at radius 3 is 2.46 bits per heavy atom. The molecule has 0 aliphatic heterocycles. The molecule has 4 nitrogen and oxygen atoms in total. The van der Waals surface area contributed by atoms with Crippen molar-refractivity contribution >= 4 is 5.65 Å². The molecule has 0 saturated heterocycles. The monoisotopic (exact) mass is 363 g/mol. The fraction of sp³-hybridized carbons (Fsp3) is 0.316. The van der Waals surface area contributed by atoms with E-state index in [4.69, 9.17) is 0 Å². The van der Waals surface area contributed by atoms with Crippen molar-refractivity contribution < 1.29 is 18.3 Å². The first-order valence-corrected chi connectivity index (χ1v) is 8.23. The van der Waals surface area contributed by atoms with Gasteiger partial charge in [-0.2, -0.15) is 13.2 Å². The van der Waals surface area contributed by atoms with Gasteiger partial charge in [-0.05, 0) is 45.0 Å². The molecule has 0 aliphatic rings. The summed E-state index contributed by atoms with van der Waals surface area (Å²) >= 11 is 0. The van der Waals surface area contributed by atoms with Crippen molar-refractivity contribution in [3.8, 4) is 11.3 Å². The Hall–Kier alpha value is -2.38. The third-order valence-corrected chi connectivity index (χ3v) is 4.07. The standard InChI is InChI=1S/C19H20F3N3O/c1-12(2)24-18(3,26)15-7-8-17-23-16(11-25(17)10-15)13-5-4-6-14(9-13)19(20,21)22/h4-12,24,26H,1-3H3. The maximum Gasteiger partial charge on any atom is 0.416 e. The average molecular weight is 363 g/mol. The van der Waals surface area contributed by atoms with E-state index in [-0.39, 0.29) is 6.04 Å². The highest BCUT2D eigenvalue weighted by atomic mass is 19.4. The molecule has 3 aromatic rings. The zero-order valence-corrected chi connectivity index (χ0v) is 14.7. The van der Waals surface area contributed by atoms with Crippen LogP contribution in [0.3, 0.4) is 0 Å². The minimum Gasteiger partial charge on any atom is -0.372 e. The molecule has 1 aromatic carbocycles. The van der Waals surface area contributed by atoms with E-state index in [1.165, 1.54) is 6.07 Å². The van der Waals surface area contributed by atoms with Gasteiger partial charge in [0.1, 0.15) is 11.4 Å². The molecule has 1 atom stereocenters. The molecule has 7 heteroatoms. The smallest absolute Gasteiger partial charge is 0.372 e. The molecule has 0 saturated carbocycles. The van der Waals surface area contributed by atoms with Gasteiger partial charge in [-0.3, -0.25) is 5.32 Å². The van der Waals surface area contributed by atoms with Crippen LogP contribution in [0.15, 0.2) is 48.8 Å². The van der Waals surface area contributed by atoms with Crippen LogP contribution in [-0.4, -0.2) is 20.5 Å². The number of nitrogens with zero attached hydrogens (tertiary/aromatic N) is 2. The van der Waals surface area contributed by atoms with Gasteiger partial charge in [-0.1, -0.05) is 12.1 Å². The highest BCUT2D eigenvalue weighted by Crippen LogP contribution is 2.32. The molecule has 1 unspecified atom stereocenters. The zero-order chi connectivity index (χ0) is 19.1. The lowest BCUT2D eigenvalue weighted by Crippen LogP contribution is -2.43. The van der Waals surface area contributed by atoms with Gasteiger partial charge < -0.3 is 9.51 Å². The van der Waals surface area contributed by atoms with E-state index in [0.29, 0.717) is 22.5 Å². The second kappa shape index (κ2) is 6.41. The highest BCUT2D eigenvalue weighted by molar-refractivity contribution is 5.63. The van der Waals surface area contributed by atoms with Crippen molar-refractivity contribution in [1.29, 1.82) is 0 Å². The molecule has 2 heterocycles. The van der Waals surface area contributed by atoms with E-state index >= 15 is 0 Å². The SMILES string of the molecule is CC(C)NC(C)(O)c1ccc2nc(-c3cccc(C(F)(F)F)c3)cn2c1. The summed E-state index contributed by atoms with van der Waals surface area (Å²) < 4.78 is 40.4. The lowest BCUT2D eigenvalue weighted by atomic mass is 10.1. The summed E-state index contributed by atoms with van der Waals surface area (Å²) in [5.74, 6) is 0. The maximum atomic E-state index is 12.9. The normalized spacial score (nSPS) is 14.8. The zero-order valence-electron chi connectivity index (χ0n) is 14.7. The van der Waals surface area contributed by atoms with Gasteiger partial charge >= 0.3 is 6.18 Å². The van der Waals surface area contributed by atoms with E-state index in [9.17, 15) is 18.3 Å². The Morgan fingerprint density at radius 1 is 1.08 bits per heavy atom. The Balaban J connectivity index is 2.00. The van der Waals surface area contributed by atoms with Gasteiger partial charge in [-0.15, -0.1) is 0 Å². The van der Waals surface area contributed by atoms with E-state index in [2.05, 4.69) is 10.3 Å². The largest absolute Gasteiger partial charge is 0.416 e. The molecule has 0 spiro atoms. The van der Waals surface area contributed by atoms with Crippen LogP contribution in [0, 0.1) is 0 Å². The molecule has 0 bridgehead atoms. The number of hydrogen-bond donors (Lipinski definition) is 2. The van der Waals surface area contributed by atoms with Gasteiger partial charge in [0.15, 0.2) is 0 Å². The van der Waals surface area contributed by atoms with Crippen LogP contribution in [-0.2, 0) is 11.9 Å². The number of pyridine rings is 1. The lowest BCUT2D eigenvalue weighted by molar-refractivity contribution is -0.137. The first kappa shape index (κ1) is 18.4. The number of aromatic nitrogens is 2. The van der Waals surface area contributed by atoms with Crippen molar-refractivity contribution in [3.05, 3.63) is 59.9 Å². The predicted octanol–water partition coefficient (Wildman–Crippen LogP) is 4.18. The van der Waals surface area contributed by atoms with Crippen molar-refractivity contribution in [2.45, 2.75) is 38.7 Å². The number of fused-ring (bicyclic) bond motifs is 1. The third kappa shape index (κ3) is 3.73. The number of halogens is 3. The Morgan fingerprint density at radius 2 is 1.81 bits per heavy atom. The molecular weight excluding hydrogens is 343 g/mol. The minimum absolute atomic E-state index is 0.0733. The number of benzene rings is 1. The fourth-order valence-electron chi connectivity index (χ4n) is 2.92. The molecule has 2 N–H and O–H groups in total. The van der Waals surface area contributed by atoms with Crippen molar-refractivity contribution in [1.82, 2.24) is 14.7 Å². The molecule has 0 amide bonds. The number of alkyl halides is 3. The molecule has 3 rings (SSSR count). The van der Waals surface area contributed by atoms with Crippen LogP contribution < -0.4 is 5.32 Å². The van der Waals surface area contributed by atoms with Crippen molar-refractivity contribution in [2.75, 3.05) is 0 Å². The van der Waals surface area contributed by atoms with E-state index < -0.39 is 17.5 Å². The molecule has 0 radical (unpaired) electrons. The fourth-order valence-corrected chi connectivity index (χ4v) is 2.92. The summed E-state index contributed by atoms with van der Waals surface area (Å²) in [7, 11) is 0. The second-order valence-electron chi connectivity index (χ2n) is 6.76. The quantitative estimate of drug-likeness (QED) is 0.684. The van der Waals surface area contributed by atoms with Gasteiger partial charge in [0.05, 0.1) is 11.3 Å². The first-order chi connectivity index (χ1) is 12.1. The molecule has 2 aromatic heterocycles. The molecule has 0 aliphatic carbocycles.